The number of carbonyl (C=O) groups excluding carboxylic acids is 2. The maximum atomic E-state index is 13.6. The molecule has 0 fully saturated rings. The lowest BCUT2D eigenvalue weighted by molar-refractivity contribution is -0.136. The fraction of sp³-hybridized carbons (Fsp3) is 0.150. The van der Waals surface area contributed by atoms with E-state index in [4.69, 9.17) is 4.52 Å². The monoisotopic (exact) mass is 467 g/mol. The van der Waals surface area contributed by atoms with Gasteiger partial charge >= 0.3 is 6.18 Å². The molecule has 0 unspecified atom stereocenters. The molecule has 0 aliphatic carbocycles. The van der Waals surface area contributed by atoms with Crippen molar-refractivity contribution in [1.29, 1.82) is 0 Å². The molecule has 2 aromatic carbocycles. The van der Waals surface area contributed by atoms with E-state index in [1.54, 1.807) is 0 Å². The predicted octanol–water partition coefficient (Wildman–Crippen LogP) is 4.26. The number of Topliss-reactive ketones (excluding diaryl/α,β-unsaturated/α-hetero) is 1. The number of hydrogen-bond donors (Lipinski definition) is 2. The van der Waals surface area contributed by atoms with Crippen molar-refractivity contribution in [3.8, 4) is 0 Å². The second-order valence-electron chi connectivity index (χ2n) is 6.69. The molecule has 0 spiro atoms. The Balaban J connectivity index is 1.91. The smallest absolute Gasteiger partial charge is 0.361 e. The fourth-order valence-corrected chi connectivity index (χ4v) is 3.81. The van der Waals surface area contributed by atoms with E-state index in [2.05, 4.69) is 10.5 Å². The van der Waals surface area contributed by atoms with Crippen LogP contribution in [0.2, 0.25) is 0 Å². The van der Waals surface area contributed by atoms with Crippen LogP contribution in [0, 0.1) is 6.92 Å². The van der Waals surface area contributed by atoms with Gasteiger partial charge in [-0.2, -0.15) is 13.2 Å². The molecule has 1 aromatic heterocycles. The van der Waals surface area contributed by atoms with E-state index in [1.165, 1.54) is 26.0 Å². The molecule has 0 radical (unpaired) electrons. The normalized spacial score (nSPS) is 11.8. The van der Waals surface area contributed by atoms with Gasteiger partial charge in [0, 0.05) is 11.3 Å². The fourth-order valence-electron chi connectivity index (χ4n) is 2.73. The zero-order chi connectivity index (χ0) is 23.7. The molecule has 0 aliphatic rings. The van der Waals surface area contributed by atoms with E-state index >= 15 is 0 Å². The summed E-state index contributed by atoms with van der Waals surface area (Å²) in [6.45, 7) is 2.76. The van der Waals surface area contributed by atoms with Crippen molar-refractivity contribution < 1.29 is 35.7 Å². The minimum Gasteiger partial charge on any atom is -0.361 e. The van der Waals surface area contributed by atoms with E-state index in [1.807, 2.05) is 4.72 Å². The van der Waals surface area contributed by atoms with Crippen molar-refractivity contribution in [3.05, 3.63) is 71.1 Å². The Morgan fingerprint density at radius 3 is 2.25 bits per heavy atom. The number of benzene rings is 2. The molecule has 168 valence electrons. The minimum absolute atomic E-state index is 0.0392. The molecular weight excluding hydrogens is 451 g/mol. The highest BCUT2D eigenvalue weighted by Crippen LogP contribution is 2.37. The summed E-state index contributed by atoms with van der Waals surface area (Å²) in [6.07, 6.45) is -3.81. The van der Waals surface area contributed by atoms with E-state index in [0.717, 1.165) is 30.5 Å². The number of alkyl halides is 3. The second-order valence-corrected chi connectivity index (χ2v) is 8.38. The molecule has 3 rings (SSSR count). The number of ketones is 1. The van der Waals surface area contributed by atoms with Gasteiger partial charge in [-0.05, 0) is 44.2 Å². The first-order valence-corrected chi connectivity index (χ1v) is 10.4. The van der Waals surface area contributed by atoms with Crippen molar-refractivity contribution in [2.75, 3.05) is 10.0 Å². The summed E-state index contributed by atoms with van der Waals surface area (Å²) in [6, 6.07) is 7.36. The van der Waals surface area contributed by atoms with Gasteiger partial charge < -0.3 is 9.84 Å². The summed E-state index contributed by atoms with van der Waals surface area (Å²) >= 11 is 0. The van der Waals surface area contributed by atoms with Crippen LogP contribution in [0.25, 0.3) is 0 Å². The first kappa shape index (κ1) is 23.0. The minimum atomic E-state index is -4.93. The Kier molecular flexibility index (Phi) is 6.08. The highest BCUT2D eigenvalue weighted by Gasteiger charge is 2.35. The molecule has 1 heterocycles. The number of rotatable bonds is 6. The summed E-state index contributed by atoms with van der Waals surface area (Å²) in [5.41, 5.74) is -1.95. The standard InChI is InChI=1S/C20H16F3N3O5S/c1-11(27)13-3-6-15(7-4-13)32(29,30)26-18-8-5-14(9-17(18)20(21,22)23)25-19(28)16-10-24-31-12(16)2/h3-10,26H,1-2H3,(H,25,28). The Morgan fingerprint density at radius 1 is 1.06 bits per heavy atom. The lowest BCUT2D eigenvalue weighted by atomic mass is 10.1. The van der Waals surface area contributed by atoms with Gasteiger partial charge in [-0.3, -0.25) is 14.3 Å². The molecule has 0 atom stereocenters. The first-order chi connectivity index (χ1) is 14.9. The third kappa shape index (κ3) is 4.97. The van der Waals surface area contributed by atoms with Crippen LogP contribution in [0.1, 0.15) is 39.0 Å². The third-order valence-corrected chi connectivity index (χ3v) is 5.78. The van der Waals surface area contributed by atoms with Crippen LogP contribution in [0.3, 0.4) is 0 Å². The van der Waals surface area contributed by atoms with Crippen molar-refractivity contribution in [2.45, 2.75) is 24.9 Å². The second kappa shape index (κ2) is 8.46. The summed E-state index contributed by atoms with van der Waals surface area (Å²) in [5.74, 6) is -0.852. The molecule has 0 bridgehead atoms. The summed E-state index contributed by atoms with van der Waals surface area (Å²) in [4.78, 5) is 23.2. The van der Waals surface area contributed by atoms with E-state index in [0.29, 0.717) is 6.07 Å². The number of carbonyl (C=O) groups is 2. The van der Waals surface area contributed by atoms with Gasteiger partial charge in [-0.1, -0.05) is 17.3 Å². The molecule has 0 saturated carbocycles. The van der Waals surface area contributed by atoms with Crippen molar-refractivity contribution in [2.24, 2.45) is 0 Å². The lowest BCUT2D eigenvalue weighted by Crippen LogP contribution is -2.18. The Labute approximate surface area is 180 Å². The van der Waals surface area contributed by atoms with E-state index in [-0.39, 0.29) is 33.3 Å². The maximum absolute atomic E-state index is 13.6. The molecule has 8 nitrogen and oxygen atoms in total. The van der Waals surface area contributed by atoms with Crippen molar-refractivity contribution >= 4 is 33.1 Å². The number of sulfonamides is 1. The van der Waals surface area contributed by atoms with Crippen LogP contribution in [0.4, 0.5) is 24.5 Å². The van der Waals surface area contributed by atoms with Gasteiger partial charge in [-0.25, -0.2) is 8.42 Å². The van der Waals surface area contributed by atoms with Crippen LogP contribution in [0.5, 0.6) is 0 Å². The predicted molar refractivity (Wildman–Crippen MR) is 108 cm³/mol. The molecule has 0 aliphatic heterocycles. The van der Waals surface area contributed by atoms with E-state index < -0.39 is 33.4 Å². The number of nitrogens with one attached hydrogen (secondary N) is 2. The molecule has 32 heavy (non-hydrogen) atoms. The van der Waals surface area contributed by atoms with Crippen LogP contribution >= 0.6 is 0 Å². The molecule has 1 amide bonds. The van der Waals surface area contributed by atoms with Crippen LogP contribution in [0.15, 0.2) is 58.1 Å². The summed E-state index contributed by atoms with van der Waals surface area (Å²) < 4.78 is 72.6. The summed E-state index contributed by atoms with van der Waals surface area (Å²) in [5, 5.41) is 5.72. The Morgan fingerprint density at radius 2 is 1.72 bits per heavy atom. The van der Waals surface area contributed by atoms with Crippen molar-refractivity contribution in [3.63, 3.8) is 0 Å². The average molecular weight is 467 g/mol. The average Bonchev–Trinajstić information content (AvgIpc) is 3.14. The molecule has 2 N–H and O–H groups in total. The zero-order valence-electron chi connectivity index (χ0n) is 16.6. The zero-order valence-corrected chi connectivity index (χ0v) is 17.5. The third-order valence-electron chi connectivity index (χ3n) is 4.39. The Bertz CT molecular complexity index is 1280. The van der Waals surface area contributed by atoms with Gasteiger partial charge in [0.2, 0.25) is 0 Å². The first-order valence-electron chi connectivity index (χ1n) is 8.96. The van der Waals surface area contributed by atoms with Crippen molar-refractivity contribution in [1.82, 2.24) is 5.16 Å². The summed E-state index contributed by atoms with van der Waals surface area (Å²) in [7, 11) is -4.38. The quantitative estimate of drug-likeness (QED) is 0.523. The van der Waals surface area contributed by atoms with Gasteiger partial charge in [0.05, 0.1) is 22.3 Å². The number of anilines is 2. The molecular formula is C20H16F3N3O5S. The number of hydrogen-bond acceptors (Lipinski definition) is 6. The number of aromatic nitrogens is 1. The number of amides is 1. The van der Waals surface area contributed by atoms with Gasteiger partial charge in [0.25, 0.3) is 15.9 Å². The van der Waals surface area contributed by atoms with Crippen LogP contribution in [-0.4, -0.2) is 25.3 Å². The number of nitrogens with zero attached hydrogens (tertiary/aromatic N) is 1. The van der Waals surface area contributed by atoms with Gasteiger partial charge in [0.1, 0.15) is 11.3 Å². The molecule has 3 aromatic rings. The topological polar surface area (TPSA) is 118 Å². The molecule has 0 saturated heterocycles. The lowest BCUT2D eigenvalue weighted by Gasteiger charge is -2.16. The SMILES string of the molecule is CC(=O)c1ccc(S(=O)(=O)Nc2ccc(NC(=O)c3cnoc3C)cc2C(F)(F)F)cc1. The van der Waals surface area contributed by atoms with Crippen LogP contribution in [-0.2, 0) is 16.2 Å². The highest BCUT2D eigenvalue weighted by atomic mass is 32.2. The van der Waals surface area contributed by atoms with Gasteiger partial charge in [-0.15, -0.1) is 0 Å². The maximum Gasteiger partial charge on any atom is 0.418 e. The highest BCUT2D eigenvalue weighted by molar-refractivity contribution is 7.92. The Hall–Kier alpha value is -3.67. The van der Waals surface area contributed by atoms with Crippen LogP contribution < -0.4 is 10.0 Å². The number of aryl methyl sites for hydroxylation is 1. The van der Waals surface area contributed by atoms with E-state index in [9.17, 15) is 31.2 Å². The largest absolute Gasteiger partial charge is 0.418 e. The number of halogens is 3. The molecule has 12 heteroatoms. The van der Waals surface area contributed by atoms with Gasteiger partial charge in [0.15, 0.2) is 5.78 Å².